The monoisotopic (exact) mass is 279 g/mol. The summed E-state index contributed by atoms with van der Waals surface area (Å²) in [5, 5.41) is 12.6. The third-order valence-corrected chi connectivity index (χ3v) is 3.92. The number of nitrogens with two attached hydrogens (primary N) is 1. The molecule has 0 saturated heterocycles. The maximum absolute atomic E-state index is 12.2. The molecule has 0 spiro atoms. The topological polar surface area (TPSA) is 80.3 Å². The standard InChI is InChI=1S/C15H25N3O2/c1-2-6-18-10-12(16)8-14(18)15(20)17-9-11-4-3-5-13(19)7-11/h8,10-11,13,19H,2-7,9,16H2,1H3,(H,17,20). The number of carbonyl (C=O) groups is 1. The Hall–Kier alpha value is -1.49. The Bertz CT molecular complexity index is 456. The van der Waals surface area contributed by atoms with E-state index in [9.17, 15) is 9.90 Å². The molecule has 1 aliphatic carbocycles. The molecule has 0 radical (unpaired) electrons. The van der Waals surface area contributed by atoms with Gasteiger partial charge < -0.3 is 20.7 Å². The molecule has 2 unspecified atom stereocenters. The Morgan fingerprint density at radius 3 is 3.05 bits per heavy atom. The van der Waals surface area contributed by atoms with Crippen LogP contribution in [0.5, 0.6) is 0 Å². The van der Waals surface area contributed by atoms with Gasteiger partial charge in [0.05, 0.1) is 11.8 Å². The van der Waals surface area contributed by atoms with Crippen LogP contribution >= 0.6 is 0 Å². The highest BCUT2D eigenvalue weighted by Gasteiger charge is 2.21. The van der Waals surface area contributed by atoms with Gasteiger partial charge in [-0.2, -0.15) is 0 Å². The highest BCUT2D eigenvalue weighted by Crippen LogP contribution is 2.23. The first kappa shape index (κ1) is 14.9. The summed E-state index contributed by atoms with van der Waals surface area (Å²) in [7, 11) is 0. The molecule has 4 N–H and O–H groups in total. The number of hydrogen-bond acceptors (Lipinski definition) is 3. The second kappa shape index (κ2) is 6.79. The maximum atomic E-state index is 12.2. The number of anilines is 1. The van der Waals surface area contributed by atoms with E-state index in [1.165, 1.54) is 0 Å². The number of carbonyl (C=O) groups excluding carboxylic acids is 1. The van der Waals surface area contributed by atoms with Gasteiger partial charge in [-0.25, -0.2) is 0 Å². The lowest BCUT2D eigenvalue weighted by molar-refractivity contribution is 0.0867. The molecular formula is C15H25N3O2. The van der Waals surface area contributed by atoms with Crippen molar-refractivity contribution >= 4 is 11.6 Å². The Morgan fingerprint density at radius 2 is 2.35 bits per heavy atom. The largest absolute Gasteiger partial charge is 0.397 e. The van der Waals surface area contributed by atoms with Crippen molar-refractivity contribution in [2.24, 2.45) is 5.92 Å². The smallest absolute Gasteiger partial charge is 0.267 e. The quantitative estimate of drug-likeness (QED) is 0.768. The first-order valence-electron chi connectivity index (χ1n) is 7.52. The molecule has 5 heteroatoms. The molecule has 1 aromatic rings. The number of amides is 1. The summed E-state index contributed by atoms with van der Waals surface area (Å²) in [6.45, 7) is 3.50. The van der Waals surface area contributed by atoms with Crippen molar-refractivity contribution in [2.75, 3.05) is 12.3 Å². The highest BCUT2D eigenvalue weighted by molar-refractivity contribution is 5.93. The number of nitrogen functional groups attached to an aromatic ring is 1. The van der Waals surface area contributed by atoms with Gasteiger partial charge in [-0.05, 0) is 37.7 Å². The lowest BCUT2D eigenvalue weighted by atomic mass is 9.87. The summed E-state index contributed by atoms with van der Waals surface area (Å²) in [5.41, 5.74) is 7.02. The van der Waals surface area contributed by atoms with Crippen LogP contribution in [0.3, 0.4) is 0 Å². The van der Waals surface area contributed by atoms with Crippen LogP contribution in [0.1, 0.15) is 49.5 Å². The van der Waals surface area contributed by atoms with Crippen LogP contribution in [-0.2, 0) is 6.54 Å². The summed E-state index contributed by atoms with van der Waals surface area (Å²) >= 11 is 0. The normalized spacial score (nSPS) is 22.7. The number of aliphatic hydroxyl groups excluding tert-OH is 1. The van der Waals surface area contributed by atoms with E-state index in [1.54, 1.807) is 6.07 Å². The SMILES string of the molecule is CCCn1cc(N)cc1C(=O)NCC1CCCC(O)C1. The molecule has 1 amide bonds. The van der Waals surface area contributed by atoms with Gasteiger partial charge in [-0.15, -0.1) is 0 Å². The summed E-state index contributed by atoms with van der Waals surface area (Å²) < 4.78 is 1.90. The van der Waals surface area contributed by atoms with Gasteiger partial charge in [0, 0.05) is 19.3 Å². The van der Waals surface area contributed by atoms with Gasteiger partial charge in [-0.1, -0.05) is 13.3 Å². The molecule has 1 fully saturated rings. The minimum absolute atomic E-state index is 0.0739. The van der Waals surface area contributed by atoms with Crippen molar-refractivity contribution in [3.63, 3.8) is 0 Å². The zero-order valence-electron chi connectivity index (χ0n) is 12.1. The van der Waals surface area contributed by atoms with E-state index >= 15 is 0 Å². The predicted octanol–water partition coefficient (Wildman–Crippen LogP) is 1.76. The number of aliphatic hydroxyl groups is 1. The van der Waals surface area contributed by atoms with E-state index in [2.05, 4.69) is 12.2 Å². The number of nitrogens with one attached hydrogen (secondary N) is 1. The number of rotatable bonds is 5. The van der Waals surface area contributed by atoms with Crippen LogP contribution in [0.4, 0.5) is 5.69 Å². The van der Waals surface area contributed by atoms with Crippen molar-refractivity contribution in [2.45, 2.75) is 51.7 Å². The second-order valence-corrected chi connectivity index (χ2v) is 5.75. The lowest BCUT2D eigenvalue weighted by Crippen LogP contribution is -2.33. The zero-order valence-corrected chi connectivity index (χ0v) is 12.1. The predicted molar refractivity (Wildman–Crippen MR) is 79.4 cm³/mol. The fourth-order valence-electron chi connectivity index (χ4n) is 2.93. The fraction of sp³-hybridized carbons (Fsp3) is 0.667. The Kier molecular flexibility index (Phi) is 5.06. The van der Waals surface area contributed by atoms with Crippen LogP contribution in [-0.4, -0.2) is 28.2 Å². The minimum Gasteiger partial charge on any atom is -0.397 e. The number of aryl methyl sites for hydroxylation is 1. The van der Waals surface area contributed by atoms with Gasteiger partial charge in [-0.3, -0.25) is 4.79 Å². The van der Waals surface area contributed by atoms with Gasteiger partial charge in [0.15, 0.2) is 0 Å². The van der Waals surface area contributed by atoms with Crippen LogP contribution < -0.4 is 11.1 Å². The van der Waals surface area contributed by atoms with Gasteiger partial charge in [0.1, 0.15) is 5.69 Å². The van der Waals surface area contributed by atoms with Crippen molar-refractivity contribution in [3.05, 3.63) is 18.0 Å². The summed E-state index contributed by atoms with van der Waals surface area (Å²) in [6.07, 6.45) is 6.37. The van der Waals surface area contributed by atoms with Crippen LogP contribution in [0.2, 0.25) is 0 Å². The third kappa shape index (κ3) is 3.76. The Balaban J connectivity index is 1.91. The van der Waals surface area contributed by atoms with Gasteiger partial charge in [0.2, 0.25) is 0 Å². The average molecular weight is 279 g/mol. The number of aromatic nitrogens is 1. The Morgan fingerprint density at radius 1 is 1.55 bits per heavy atom. The van der Waals surface area contributed by atoms with Crippen LogP contribution in [0.25, 0.3) is 0 Å². The third-order valence-electron chi connectivity index (χ3n) is 3.92. The zero-order chi connectivity index (χ0) is 14.5. The fourth-order valence-corrected chi connectivity index (χ4v) is 2.93. The second-order valence-electron chi connectivity index (χ2n) is 5.75. The summed E-state index contributed by atoms with van der Waals surface area (Å²) in [6, 6.07) is 1.72. The Labute approximate surface area is 120 Å². The molecule has 1 aliphatic rings. The van der Waals surface area contributed by atoms with Crippen LogP contribution in [0.15, 0.2) is 12.3 Å². The molecule has 1 heterocycles. The van der Waals surface area contributed by atoms with Crippen molar-refractivity contribution in [3.8, 4) is 0 Å². The molecule has 20 heavy (non-hydrogen) atoms. The molecule has 0 aliphatic heterocycles. The van der Waals surface area contributed by atoms with E-state index in [0.717, 1.165) is 38.6 Å². The van der Waals surface area contributed by atoms with E-state index in [-0.39, 0.29) is 12.0 Å². The van der Waals surface area contributed by atoms with Gasteiger partial charge >= 0.3 is 0 Å². The number of hydrogen-bond donors (Lipinski definition) is 3. The first-order valence-corrected chi connectivity index (χ1v) is 7.52. The molecule has 2 rings (SSSR count). The van der Waals surface area contributed by atoms with E-state index < -0.39 is 0 Å². The van der Waals surface area contributed by atoms with Crippen LogP contribution in [0, 0.1) is 5.92 Å². The lowest BCUT2D eigenvalue weighted by Gasteiger charge is -2.25. The van der Waals surface area contributed by atoms with Crippen molar-refractivity contribution < 1.29 is 9.90 Å². The summed E-state index contributed by atoms with van der Waals surface area (Å²) in [4.78, 5) is 12.2. The molecule has 1 saturated carbocycles. The minimum atomic E-state index is -0.203. The van der Waals surface area contributed by atoms with Crippen molar-refractivity contribution in [1.29, 1.82) is 0 Å². The molecule has 2 atom stereocenters. The van der Waals surface area contributed by atoms with E-state index in [4.69, 9.17) is 5.73 Å². The molecule has 0 aromatic carbocycles. The summed E-state index contributed by atoms with van der Waals surface area (Å²) in [5.74, 6) is 0.310. The number of nitrogens with zero attached hydrogens (tertiary/aromatic N) is 1. The average Bonchev–Trinajstić information content (AvgIpc) is 2.78. The molecular weight excluding hydrogens is 254 g/mol. The maximum Gasteiger partial charge on any atom is 0.267 e. The van der Waals surface area contributed by atoms with Gasteiger partial charge in [0.25, 0.3) is 5.91 Å². The molecule has 5 nitrogen and oxygen atoms in total. The van der Waals surface area contributed by atoms with Crippen molar-refractivity contribution in [1.82, 2.24) is 9.88 Å². The molecule has 0 bridgehead atoms. The van der Waals surface area contributed by atoms with E-state index in [0.29, 0.717) is 23.8 Å². The molecule has 1 aromatic heterocycles. The molecule has 112 valence electrons. The van der Waals surface area contributed by atoms with E-state index in [1.807, 2.05) is 10.8 Å². The highest BCUT2D eigenvalue weighted by atomic mass is 16.3. The first-order chi connectivity index (χ1) is 9.60.